The third kappa shape index (κ3) is 1.04. The number of hydrogen-bond acceptors (Lipinski definition) is 1. The van der Waals surface area contributed by atoms with Crippen LogP contribution in [0.2, 0.25) is 0 Å². The summed E-state index contributed by atoms with van der Waals surface area (Å²) in [4.78, 5) is 10.3. The van der Waals surface area contributed by atoms with Crippen LogP contribution in [0.25, 0.3) is 0 Å². The fourth-order valence-corrected chi connectivity index (χ4v) is 4.73. The van der Waals surface area contributed by atoms with E-state index in [4.69, 9.17) is 46.4 Å². The van der Waals surface area contributed by atoms with Crippen molar-refractivity contribution in [3.8, 4) is 0 Å². The van der Waals surface area contributed by atoms with Crippen molar-refractivity contribution in [2.75, 3.05) is 0 Å². The first-order valence-electron chi connectivity index (χ1n) is 5.06. The van der Waals surface area contributed by atoms with Gasteiger partial charge in [-0.15, -0.1) is 23.2 Å². The highest BCUT2D eigenvalue weighted by Gasteiger charge is 2.70. The fourth-order valence-electron chi connectivity index (χ4n) is 3.11. The number of halogens is 4. The lowest BCUT2D eigenvalue weighted by Crippen LogP contribution is -2.57. The molecule has 0 radical (unpaired) electrons. The molecule has 2 bridgehead atoms. The number of carbonyl (C=O) groups is 1. The van der Waals surface area contributed by atoms with Gasteiger partial charge in [0.1, 0.15) is 9.91 Å². The van der Waals surface area contributed by atoms with Crippen molar-refractivity contribution in [3.63, 3.8) is 0 Å². The summed E-state index contributed by atoms with van der Waals surface area (Å²) in [6.45, 7) is 0. The van der Waals surface area contributed by atoms with Crippen LogP contribution in [0.3, 0.4) is 0 Å². The number of fused-ring (bicyclic) bond motifs is 5. The Labute approximate surface area is 113 Å². The predicted octanol–water partition coefficient (Wildman–Crippen LogP) is 3.81. The highest BCUT2D eigenvalue weighted by molar-refractivity contribution is 6.57. The zero-order valence-corrected chi connectivity index (χ0v) is 11.2. The van der Waals surface area contributed by atoms with Gasteiger partial charge < -0.3 is 0 Å². The van der Waals surface area contributed by atoms with Gasteiger partial charge in [-0.3, -0.25) is 4.79 Å². The molecule has 0 spiro atoms. The van der Waals surface area contributed by atoms with E-state index in [-0.39, 0.29) is 22.7 Å². The van der Waals surface area contributed by atoms with Gasteiger partial charge in [0.25, 0.3) is 0 Å². The topological polar surface area (TPSA) is 17.1 Å². The van der Waals surface area contributed by atoms with E-state index in [1.54, 1.807) is 0 Å². The summed E-state index contributed by atoms with van der Waals surface area (Å²) >= 11 is 25.0. The lowest BCUT2D eigenvalue weighted by molar-refractivity contribution is -0.119. The number of Topliss-reactive ketones (excluding diaryl/α,β-unsaturated/α-hetero) is 1. The molecule has 0 aromatic rings. The van der Waals surface area contributed by atoms with Crippen LogP contribution in [0, 0.1) is 11.8 Å². The Bertz CT molecular complexity index is 455. The Balaban J connectivity index is 2.22. The van der Waals surface area contributed by atoms with Gasteiger partial charge in [0, 0.05) is 17.4 Å². The number of carbonyl (C=O) groups excluding carboxylic acids is 1. The van der Waals surface area contributed by atoms with Crippen LogP contribution >= 0.6 is 46.4 Å². The van der Waals surface area contributed by atoms with Crippen molar-refractivity contribution >= 4 is 52.2 Å². The minimum Gasteiger partial charge on any atom is -0.291 e. The summed E-state index contributed by atoms with van der Waals surface area (Å²) in [5, 5.41) is 0.382. The minimum absolute atomic E-state index is 0.0253. The highest BCUT2D eigenvalue weighted by Crippen LogP contribution is 2.65. The van der Waals surface area contributed by atoms with E-state index >= 15 is 0 Å². The molecular weight excluding hydrogens is 290 g/mol. The van der Waals surface area contributed by atoms with E-state index in [0.29, 0.717) is 11.5 Å². The average Bonchev–Trinajstić information content (AvgIpc) is 2.79. The zero-order valence-electron chi connectivity index (χ0n) is 8.14. The van der Waals surface area contributed by atoms with Crippen LogP contribution in [0.4, 0.5) is 0 Å². The van der Waals surface area contributed by atoms with Crippen LogP contribution in [-0.4, -0.2) is 15.5 Å². The minimum atomic E-state index is -1.11. The van der Waals surface area contributed by atoms with Crippen molar-refractivity contribution in [1.29, 1.82) is 0 Å². The van der Waals surface area contributed by atoms with E-state index in [1.807, 2.05) is 12.2 Å². The summed E-state index contributed by atoms with van der Waals surface area (Å²) in [7, 11) is 0. The van der Waals surface area contributed by atoms with Gasteiger partial charge in [-0.1, -0.05) is 35.4 Å². The smallest absolute Gasteiger partial charge is 0.198 e. The van der Waals surface area contributed by atoms with Crippen LogP contribution in [0.5, 0.6) is 0 Å². The molecule has 86 valence electrons. The lowest BCUT2D eigenvalue weighted by Gasteiger charge is -2.44. The standard InChI is InChI=1S/C11H8Cl4O/c12-7-4-10(14)5-1-2-6(3-5)11(10,15)9(16)8(7)13/h1-2,5-6H,3-4H2/t5-,6-,10-,11+/m0/s1. The Morgan fingerprint density at radius 2 is 1.81 bits per heavy atom. The first-order chi connectivity index (χ1) is 7.41. The third-order valence-electron chi connectivity index (χ3n) is 3.97. The zero-order chi connectivity index (χ0) is 11.7. The van der Waals surface area contributed by atoms with Crippen LogP contribution in [-0.2, 0) is 4.79 Å². The second-order valence-corrected chi connectivity index (χ2v) is 6.74. The summed E-state index contributed by atoms with van der Waals surface area (Å²) < 4.78 is 0. The van der Waals surface area contributed by atoms with Crippen molar-refractivity contribution in [1.82, 2.24) is 0 Å². The molecule has 0 aromatic carbocycles. The normalized spacial score (nSPS) is 50.1. The van der Waals surface area contributed by atoms with Crippen molar-refractivity contribution in [2.45, 2.75) is 22.6 Å². The van der Waals surface area contributed by atoms with E-state index < -0.39 is 9.75 Å². The molecule has 3 rings (SSSR count). The van der Waals surface area contributed by atoms with Crippen molar-refractivity contribution in [3.05, 3.63) is 22.2 Å². The molecule has 3 aliphatic rings. The molecule has 0 aromatic heterocycles. The van der Waals surface area contributed by atoms with Gasteiger partial charge in [-0.2, -0.15) is 0 Å². The van der Waals surface area contributed by atoms with Crippen molar-refractivity contribution < 1.29 is 4.79 Å². The number of rotatable bonds is 0. The molecule has 0 saturated heterocycles. The first-order valence-corrected chi connectivity index (χ1v) is 6.57. The summed E-state index contributed by atoms with van der Waals surface area (Å²) in [6, 6.07) is 0. The SMILES string of the molecule is O=C1C(Cl)=C(Cl)C[C@]2(Cl)[C@H]3C=C[C@@H](C3)[C@@]12Cl. The first kappa shape index (κ1) is 11.4. The molecule has 3 aliphatic carbocycles. The second-order valence-electron chi connectivity index (χ2n) is 4.63. The molecule has 5 heteroatoms. The predicted molar refractivity (Wildman–Crippen MR) is 66.3 cm³/mol. The monoisotopic (exact) mass is 296 g/mol. The van der Waals surface area contributed by atoms with Gasteiger partial charge in [-0.05, 0) is 12.3 Å². The van der Waals surface area contributed by atoms with Gasteiger partial charge in [0.15, 0.2) is 5.78 Å². The molecule has 0 N–H and O–H groups in total. The molecule has 1 nitrogen and oxygen atoms in total. The number of hydrogen-bond donors (Lipinski definition) is 0. The van der Waals surface area contributed by atoms with E-state index in [0.717, 1.165) is 6.42 Å². The molecule has 1 fully saturated rings. The Hall–Kier alpha value is 0.310. The number of allylic oxidation sites excluding steroid dienone is 4. The van der Waals surface area contributed by atoms with E-state index in [1.165, 1.54) is 0 Å². The number of ketones is 1. The molecule has 0 aliphatic heterocycles. The van der Waals surface area contributed by atoms with E-state index in [9.17, 15) is 4.79 Å². The largest absolute Gasteiger partial charge is 0.291 e. The average molecular weight is 298 g/mol. The number of alkyl halides is 2. The molecular formula is C11H8Cl4O. The van der Waals surface area contributed by atoms with Gasteiger partial charge in [-0.25, -0.2) is 0 Å². The van der Waals surface area contributed by atoms with E-state index in [2.05, 4.69) is 0 Å². The quantitative estimate of drug-likeness (QED) is 0.491. The summed E-state index contributed by atoms with van der Waals surface area (Å²) in [6.07, 6.45) is 5.19. The molecule has 16 heavy (non-hydrogen) atoms. The Morgan fingerprint density at radius 1 is 1.19 bits per heavy atom. The Kier molecular flexibility index (Phi) is 2.28. The second kappa shape index (κ2) is 3.20. The summed E-state index contributed by atoms with van der Waals surface area (Å²) in [5.41, 5.74) is 0. The maximum atomic E-state index is 12.2. The molecule has 4 atom stereocenters. The maximum Gasteiger partial charge on any atom is 0.198 e. The molecule has 0 amide bonds. The molecule has 0 unspecified atom stereocenters. The third-order valence-corrected chi connectivity index (χ3v) is 6.38. The van der Waals surface area contributed by atoms with Crippen LogP contribution < -0.4 is 0 Å². The molecule has 1 saturated carbocycles. The Morgan fingerprint density at radius 3 is 2.50 bits per heavy atom. The summed E-state index contributed by atoms with van der Waals surface area (Å²) in [5.74, 6) is -0.235. The van der Waals surface area contributed by atoms with Crippen LogP contribution in [0.15, 0.2) is 22.2 Å². The van der Waals surface area contributed by atoms with Gasteiger partial charge >= 0.3 is 0 Å². The maximum absolute atomic E-state index is 12.2. The molecule has 0 heterocycles. The van der Waals surface area contributed by atoms with Crippen molar-refractivity contribution in [2.24, 2.45) is 11.8 Å². The fraction of sp³-hybridized carbons (Fsp3) is 0.545. The van der Waals surface area contributed by atoms with Crippen LogP contribution in [0.1, 0.15) is 12.8 Å². The highest BCUT2D eigenvalue weighted by atomic mass is 35.5. The lowest BCUT2D eigenvalue weighted by atomic mass is 9.73. The van der Waals surface area contributed by atoms with Gasteiger partial charge in [0.05, 0.1) is 4.87 Å². The van der Waals surface area contributed by atoms with Gasteiger partial charge in [0.2, 0.25) is 0 Å².